The Morgan fingerprint density at radius 2 is 1.60 bits per heavy atom. The second kappa shape index (κ2) is 3.54. The van der Waals surface area contributed by atoms with E-state index in [0.29, 0.717) is 0 Å². The lowest BCUT2D eigenvalue weighted by Gasteiger charge is -2.29. The lowest BCUT2D eigenvalue weighted by Crippen LogP contribution is -2.28. The van der Waals surface area contributed by atoms with E-state index in [9.17, 15) is 0 Å². The zero-order chi connectivity index (χ0) is 7.61. The summed E-state index contributed by atoms with van der Waals surface area (Å²) in [5, 5.41) is 0. The molecule has 0 aromatic rings. The van der Waals surface area contributed by atoms with Crippen molar-refractivity contribution in [1.29, 1.82) is 0 Å². The molecule has 1 rings (SSSR count). The molecule has 0 bridgehead atoms. The van der Waals surface area contributed by atoms with E-state index in [1.165, 1.54) is 17.9 Å². The summed E-state index contributed by atoms with van der Waals surface area (Å²) in [4.78, 5) is 0. The van der Waals surface area contributed by atoms with Gasteiger partial charge in [0.15, 0.2) is 0 Å². The van der Waals surface area contributed by atoms with Crippen LogP contribution in [0.15, 0.2) is 0 Å². The topological polar surface area (TPSA) is 0 Å². The molecule has 1 heterocycles. The molecule has 0 aliphatic carbocycles. The highest BCUT2D eigenvalue weighted by Crippen LogP contribution is 2.43. The van der Waals surface area contributed by atoms with Gasteiger partial charge >= 0.3 is 0 Å². The fourth-order valence-electron chi connectivity index (χ4n) is 0.863. The summed E-state index contributed by atoms with van der Waals surface area (Å²) < 4.78 is 1.76. The molecule has 0 aromatic heterocycles. The monoisotopic (exact) mass is 191 g/mol. The third kappa shape index (κ3) is 2.51. The second-order valence-corrected chi connectivity index (χ2v) is 11.8. The van der Waals surface area contributed by atoms with E-state index in [1.807, 2.05) is 0 Å². The van der Waals surface area contributed by atoms with Crippen LogP contribution in [0.4, 0.5) is 0 Å². The van der Waals surface area contributed by atoms with Gasteiger partial charge in [-0.1, -0.05) is 19.6 Å². The van der Waals surface area contributed by atoms with Crippen molar-refractivity contribution in [1.82, 2.24) is 0 Å². The van der Waals surface area contributed by atoms with Crippen LogP contribution in [0.2, 0.25) is 19.6 Å². The number of hydrogen-bond acceptors (Lipinski definition) is 2. The molecule has 1 fully saturated rings. The summed E-state index contributed by atoms with van der Waals surface area (Å²) in [6.45, 7) is 7.31. The summed E-state index contributed by atoms with van der Waals surface area (Å²) in [6.07, 6.45) is 1.41. The first-order valence-corrected chi connectivity index (χ1v) is 9.21. The Balaban J connectivity index is 2.39. The van der Waals surface area contributed by atoms with Crippen LogP contribution in [0.25, 0.3) is 0 Å². The fourth-order valence-corrected chi connectivity index (χ4v) is 6.90. The fraction of sp³-hybridized carbons (Fsp3) is 0.857. The van der Waals surface area contributed by atoms with Gasteiger partial charge in [-0.25, -0.2) is 0 Å². The van der Waals surface area contributed by atoms with Crippen molar-refractivity contribution in [3.63, 3.8) is 0 Å². The van der Waals surface area contributed by atoms with E-state index in [0.717, 1.165) is 0 Å². The van der Waals surface area contributed by atoms with Crippen molar-refractivity contribution < 1.29 is 0 Å². The third-order valence-corrected chi connectivity index (χ3v) is 9.35. The summed E-state index contributed by atoms with van der Waals surface area (Å²) in [5.41, 5.74) is 0. The van der Waals surface area contributed by atoms with Gasteiger partial charge in [-0.3, -0.25) is 0 Å². The maximum absolute atomic E-state index is 2.44. The zero-order valence-electron chi connectivity index (χ0n) is 6.94. The third-order valence-electron chi connectivity index (χ3n) is 1.37. The molecule has 3 heteroatoms. The Kier molecular flexibility index (Phi) is 3.19. The molecule has 0 atom stereocenters. The van der Waals surface area contributed by atoms with Crippen LogP contribution >= 0.6 is 23.5 Å². The Labute approximate surface area is 73.6 Å². The zero-order valence-corrected chi connectivity index (χ0v) is 9.57. The molecule has 0 aromatic carbocycles. The second-order valence-electron chi connectivity index (χ2n) is 3.59. The maximum Gasteiger partial charge on any atom is 0.0777 e. The van der Waals surface area contributed by atoms with Crippen molar-refractivity contribution in [3.8, 4) is 0 Å². The molecule has 0 N–H and O–H groups in total. The predicted molar refractivity (Wildman–Crippen MR) is 56.1 cm³/mol. The molecule has 0 saturated carbocycles. The number of rotatable bonds is 1. The van der Waals surface area contributed by atoms with Crippen molar-refractivity contribution >= 4 is 31.6 Å². The molecule has 1 saturated heterocycles. The largest absolute Gasteiger partial charge is 0.146 e. The van der Waals surface area contributed by atoms with E-state index < -0.39 is 8.07 Å². The predicted octanol–water partition coefficient (Wildman–Crippen LogP) is 3.22. The van der Waals surface area contributed by atoms with Gasteiger partial charge in [0, 0.05) is 0 Å². The highest BCUT2D eigenvalue weighted by molar-refractivity contribution is 8.24. The molecular weight excluding hydrogens is 176 g/mol. The van der Waals surface area contributed by atoms with Crippen LogP contribution < -0.4 is 0 Å². The molecule has 10 heavy (non-hydrogen) atoms. The van der Waals surface area contributed by atoms with E-state index >= 15 is 0 Å². The molecule has 0 spiro atoms. The molecule has 0 amide bonds. The molecule has 1 radical (unpaired) electrons. The number of hydrogen-bond donors (Lipinski definition) is 0. The first-order chi connectivity index (χ1) is 4.61. The van der Waals surface area contributed by atoms with Crippen LogP contribution in [0.3, 0.4) is 0 Å². The summed E-state index contributed by atoms with van der Waals surface area (Å²) in [6, 6.07) is 0. The van der Waals surface area contributed by atoms with Gasteiger partial charge in [-0.2, -0.15) is 0 Å². The smallest absolute Gasteiger partial charge is 0.0777 e. The summed E-state index contributed by atoms with van der Waals surface area (Å²) >= 11 is 4.22. The Morgan fingerprint density at radius 1 is 1.10 bits per heavy atom. The van der Waals surface area contributed by atoms with Gasteiger partial charge in [0.1, 0.15) is 0 Å². The first-order valence-electron chi connectivity index (χ1n) is 3.74. The van der Waals surface area contributed by atoms with Gasteiger partial charge in [-0.15, -0.1) is 23.5 Å². The highest BCUT2D eigenvalue weighted by Gasteiger charge is 2.29. The summed E-state index contributed by atoms with van der Waals surface area (Å²) in [5.74, 6) is 2.74. The lowest BCUT2D eigenvalue weighted by molar-refractivity contribution is 1.12. The van der Waals surface area contributed by atoms with Gasteiger partial charge in [-0.05, 0) is 17.9 Å². The molecule has 0 nitrogen and oxygen atoms in total. The van der Waals surface area contributed by atoms with Crippen molar-refractivity contribution in [3.05, 3.63) is 4.21 Å². The minimum atomic E-state index is -0.914. The molecule has 59 valence electrons. The highest BCUT2D eigenvalue weighted by atomic mass is 32.2. The minimum absolute atomic E-state index is 0.914. The molecule has 1 aliphatic rings. The molecule has 1 aliphatic heterocycles. The SMILES string of the molecule is C[Si](C)(C)[C]1SCCCS1. The molecule has 0 unspecified atom stereocenters. The van der Waals surface area contributed by atoms with Crippen LogP contribution in [0.5, 0.6) is 0 Å². The summed E-state index contributed by atoms with van der Waals surface area (Å²) in [7, 11) is -0.914. The van der Waals surface area contributed by atoms with Crippen molar-refractivity contribution in [2.24, 2.45) is 0 Å². The van der Waals surface area contributed by atoms with Crippen LogP contribution in [-0.4, -0.2) is 19.6 Å². The van der Waals surface area contributed by atoms with Gasteiger partial charge < -0.3 is 0 Å². The Bertz CT molecular complexity index is 103. The van der Waals surface area contributed by atoms with E-state index in [2.05, 4.69) is 43.2 Å². The Hall–Kier alpha value is 0.917. The number of thioether (sulfide) groups is 2. The Morgan fingerprint density at radius 3 is 1.90 bits per heavy atom. The average Bonchev–Trinajstić information content (AvgIpc) is 1.88. The van der Waals surface area contributed by atoms with Crippen LogP contribution in [0.1, 0.15) is 6.42 Å². The lowest BCUT2D eigenvalue weighted by atomic mass is 10.6. The van der Waals surface area contributed by atoms with Gasteiger partial charge in [0.05, 0.1) is 12.3 Å². The quantitative estimate of drug-likeness (QED) is 0.584. The van der Waals surface area contributed by atoms with Crippen molar-refractivity contribution in [2.45, 2.75) is 26.1 Å². The minimum Gasteiger partial charge on any atom is -0.146 e. The average molecular weight is 191 g/mol. The van der Waals surface area contributed by atoms with Crippen molar-refractivity contribution in [2.75, 3.05) is 11.5 Å². The standard InChI is InChI=1S/C7H15S2Si/c1-10(2,3)7-8-5-4-6-9-7/h4-6H2,1-3H3. The van der Waals surface area contributed by atoms with E-state index in [-0.39, 0.29) is 0 Å². The van der Waals surface area contributed by atoms with E-state index in [4.69, 9.17) is 0 Å². The maximum atomic E-state index is 2.44. The van der Waals surface area contributed by atoms with E-state index in [1.54, 1.807) is 4.21 Å². The van der Waals surface area contributed by atoms with Gasteiger partial charge in [0.2, 0.25) is 0 Å². The van der Waals surface area contributed by atoms with Crippen LogP contribution in [-0.2, 0) is 0 Å². The van der Waals surface area contributed by atoms with Crippen LogP contribution in [0, 0.1) is 4.21 Å². The van der Waals surface area contributed by atoms with Gasteiger partial charge in [0.25, 0.3) is 0 Å². The molecular formula is C7H15S2Si. The normalized spacial score (nSPS) is 23.1. The first kappa shape index (κ1) is 9.01.